The molecule has 11 aromatic rings. The monoisotopic (exact) mass is 1470 g/mol. The Hall–Kier alpha value is -9.13. The molecule has 0 spiro atoms. The fraction of sp³-hybridized carbons (Fsp3) is 0.489. The third-order valence-electron chi connectivity index (χ3n) is 18.8. The average Bonchev–Trinajstić information content (AvgIpc) is 1.52. The number of aromatic nitrogens is 8. The van der Waals surface area contributed by atoms with Gasteiger partial charge in [-0.25, -0.2) is 4.79 Å². The van der Waals surface area contributed by atoms with E-state index in [0.717, 1.165) is 40.6 Å². The van der Waals surface area contributed by atoms with E-state index in [4.69, 9.17) is 14.3 Å². The first-order valence-electron chi connectivity index (χ1n) is 38.7. The molecule has 0 radical (unpaired) electrons. The second-order valence-corrected chi connectivity index (χ2v) is 35.9. The highest BCUT2D eigenvalue weighted by Gasteiger charge is 2.25. The van der Waals surface area contributed by atoms with Gasteiger partial charge >= 0.3 is 12.1 Å². The van der Waals surface area contributed by atoms with E-state index in [1.807, 2.05) is 85.7 Å². The lowest BCUT2D eigenvalue weighted by Crippen LogP contribution is -2.24. The van der Waals surface area contributed by atoms with Crippen LogP contribution in [-0.2, 0) is 84.3 Å². The number of hydrogen-bond donors (Lipinski definition) is 0. The minimum Gasteiger partial charge on any atom is -0.462 e. The van der Waals surface area contributed by atoms with Crippen molar-refractivity contribution in [1.82, 2.24) is 36.5 Å². The molecule has 0 N–H and O–H groups in total. The number of benzene rings is 3. The number of carbonyl (C=O) groups is 3. The van der Waals surface area contributed by atoms with Crippen molar-refractivity contribution in [2.75, 3.05) is 6.61 Å². The molecule has 8 aromatic heterocycles. The van der Waals surface area contributed by atoms with E-state index in [-0.39, 0.29) is 68.0 Å². The third kappa shape index (κ3) is 25.5. The molecule has 108 heavy (non-hydrogen) atoms. The van der Waals surface area contributed by atoms with E-state index in [0.29, 0.717) is 12.2 Å². The maximum atomic E-state index is 11.7. The summed E-state index contributed by atoms with van der Waals surface area (Å²) in [4.78, 5) is 50.7. The van der Waals surface area contributed by atoms with Crippen LogP contribution in [0.3, 0.4) is 0 Å². The molecule has 0 unspecified atom stereocenters. The first-order valence-corrected chi connectivity index (χ1v) is 38.7. The predicted octanol–water partition coefficient (Wildman–Crippen LogP) is 24.0. The number of para-hydroxylation sites is 3. The Labute approximate surface area is 649 Å². The average molecular weight is 1470 g/mol. The Morgan fingerprint density at radius 2 is 0.889 bits per heavy atom. The zero-order valence-electron chi connectivity index (χ0n) is 72.2. The van der Waals surface area contributed by atoms with E-state index >= 15 is 0 Å². The maximum absolute atomic E-state index is 11.7. The minimum atomic E-state index is -0.220. The number of esters is 1. The van der Waals surface area contributed by atoms with Crippen molar-refractivity contribution in [3.05, 3.63) is 228 Å². The van der Waals surface area contributed by atoms with E-state index in [9.17, 15) is 14.4 Å². The molecular weight excluding hydrogens is 1340 g/mol. The van der Waals surface area contributed by atoms with Gasteiger partial charge in [0.1, 0.15) is 0 Å². The van der Waals surface area contributed by atoms with Crippen molar-refractivity contribution in [2.24, 2.45) is 0 Å². The van der Waals surface area contributed by atoms with Crippen LogP contribution in [0.2, 0.25) is 0 Å². The van der Waals surface area contributed by atoms with Gasteiger partial charge in [-0.15, -0.1) is 0 Å². The number of aryl methyl sites for hydroxylation is 4. The quantitative estimate of drug-likeness (QED) is 0.120. The zero-order valence-corrected chi connectivity index (χ0v) is 72.2. The van der Waals surface area contributed by atoms with Crippen LogP contribution in [0.15, 0.2) is 177 Å². The van der Waals surface area contributed by atoms with Gasteiger partial charge in [0.05, 0.1) is 17.9 Å². The number of ether oxygens (including phenoxy) is 1. The molecule has 0 aliphatic heterocycles. The Bertz CT molecular complexity index is 4650. The van der Waals surface area contributed by atoms with Gasteiger partial charge in [-0.1, -0.05) is 68.4 Å². The number of Topliss-reactive ketones (excluding diaryl/α,β-unsaturated/α-hetero) is 2. The van der Waals surface area contributed by atoms with Crippen molar-refractivity contribution in [3.63, 3.8) is 0 Å². The van der Waals surface area contributed by atoms with Crippen LogP contribution in [0, 0.1) is 13.8 Å². The van der Waals surface area contributed by atoms with E-state index in [1.54, 1.807) is 25.1 Å². The highest BCUT2D eigenvalue weighted by Crippen LogP contribution is 2.33. The summed E-state index contributed by atoms with van der Waals surface area (Å²) in [6, 6.07) is 41.8. The number of nitrogens with zero attached hydrogens (tertiary/aromatic N) is 8. The summed E-state index contributed by atoms with van der Waals surface area (Å²) in [5.74, 6) is 0.0245. The summed E-state index contributed by atoms with van der Waals surface area (Å²) >= 11 is 0. The lowest BCUT2D eigenvalue weighted by molar-refractivity contribution is -0.191. The summed E-state index contributed by atoms with van der Waals surface area (Å²) < 4.78 is 23.0. The number of fused-ring (bicyclic) bond motifs is 4. The summed E-state index contributed by atoms with van der Waals surface area (Å²) in [7, 11) is 0. The summed E-state index contributed by atoms with van der Waals surface area (Å²) in [6.45, 7) is 66.6. The standard InChI is InChI=1S/C14H17NO.C14H19N.C13H21NO2.C12H19N.C12H15N.C10H15NO.C10H17N.C8H13N.CO2/c1-10(16)12-9-15(14(2,3)4)13-8-6-5-7-11(12)13;1-10-11(2)15(14(3,4)5)13-9-7-6-8-12(10)13;1-6-10-8-14(13(3,4)5)9-11(10)12(15)16-7-2;2*1-12(2,3)13-9-8-10-6-4-5-7-11(10)13;1-8(12)9-6-5-7-11(9)10(2,3)4;1-5-9-7-6-8-11(9)10(2,3)4;1-8(2,3)9-6-4-5-7-9;2-1-3/h5-9H,1-4H3;6-9H,1-5H3;8-9H,6-7H2,1-5H3;8-9H,4-7H2,1-3H3;4-9H,1-3H3;5-7H,1-4H3;6-8H,5H2,1-4H3;4-7H,1-3H3;. The SMILES string of the molecule is CC(=O)c1cccn1C(C)(C)C.CC(=O)c1cn(C(C)(C)C)c2ccccc12.CC(C)(C)n1ccc2c1CCCC2.CC(C)(C)n1ccc2ccccc21.CC(C)(C)n1cccc1.CCOC(=O)c1cn(C(C)(C)C)cc1CC.CCc1cccn1C(C)(C)C.Cc1c(C)n(C(C)(C)C)c2ccccc12.O=C=O. The topological polar surface area (TPSA) is 134 Å². The van der Waals surface area contributed by atoms with Gasteiger partial charge in [-0.3, -0.25) is 9.59 Å². The lowest BCUT2D eigenvalue weighted by Gasteiger charge is -2.26. The predicted molar refractivity (Wildman–Crippen MR) is 454 cm³/mol. The van der Waals surface area contributed by atoms with Crippen LogP contribution in [0.25, 0.3) is 32.7 Å². The van der Waals surface area contributed by atoms with Gasteiger partial charge in [0.2, 0.25) is 0 Å². The van der Waals surface area contributed by atoms with Crippen molar-refractivity contribution in [3.8, 4) is 0 Å². The van der Waals surface area contributed by atoms with Crippen molar-refractivity contribution < 1.29 is 28.7 Å². The summed E-state index contributed by atoms with van der Waals surface area (Å²) in [5, 5.41) is 3.74. The smallest absolute Gasteiger partial charge is 0.373 e. The van der Waals surface area contributed by atoms with Crippen molar-refractivity contribution in [1.29, 1.82) is 0 Å². The van der Waals surface area contributed by atoms with E-state index in [1.165, 1.54) is 64.4 Å². The van der Waals surface area contributed by atoms with Crippen LogP contribution < -0.4 is 0 Å². The van der Waals surface area contributed by atoms with Gasteiger partial charge in [0.25, 0.3) is 0 Å². The van der Waals surface area contributed by atoms with Gasteiger partial charge in [-0.2, -0.15) is 9.59 Å². The fourth-order valence-corrected chi connectivity index (χ4v) is 13.3. The van der Waals surface area contributed by atoms with E-state index < -0.39 is 0 Å². The lowest BCUT2D eigenvalue weighted by atomic mass is 9.97. The highest BCUT2D eigenvalue weighted by atomic mass is 16.5. The molecule has 14 nitrogen and oxygen atoms in total. The molecule has 12 rings (SSSR count). The molecule has 0 saturated heterocycles. The fourth-order valence-electron chi connectivity index (χ4n) is 13.3. The van der Waals surface area contributed by atoms with Gasteiger partial charge in [0, 0.05) is 157 Å². The first kappa shape index (κ1) is 91.3. The van der Waals surface area contributed by atoms with Crippen molar-refractivity contribution in [2.45, 2.75) is 297 Å². The molecule has 1 aliphatic carbocycles. The second-order valence-electron chi connectivity index (χ2n) is 35.9. The van der Waals surface area contributed by atoms with Crippen LogP contribution in [0.4, 0.5) is 0 Å². The number of carbonyl (C=O) groups excluding carboxylic acids is 5. The first-order chi connectivity index (χ1) is 49.9. The van der Waals surface area contributed by atoms with Gasteiger partial charge in [0.15, 0.2) is 11.6 Å². The van der Waals surface area contributed by atoms with Crippen LogP contribution in [0.1, 0.15) is 279 Å². The molecule has 1 aliphatic rings. The zero-order chi connectivity index (χ0) is 81.9. The Morgan fingerprint density at radius 3 is 1.35 bits per heavy atom. The van der Waals surface area contributed by atoms with Crippen LogP contribution >= 0.6 is 0 Å². The number of ketones is 2. The largest absolute Gasteiger partial charge is 0.462 e. The third-order valence-corrected chi connectivity index (χ3v) is 18.8. The molecule has 0 saturated carbocycles. The molecule has 0 amide bonds. The highest BCUT2D eigenvalue weighted by molar-refractivity contribution is 6.07. The van der Waals surface area contributed by atoms with Gasteiger partial charge < -0.3 is 41.3 Å². The van der Waals surface area contributed by atoms with Crippen molar-refractivity contribution >= 4 is 56.4 Å². The Kier molecular flexibility index (Phi) is 32.4. The molecule has 3 aromatic carbocycles. The van der Waals surface area contributed by atoms with Gasteiger partial charge in [-0.05, 0) is 321 Å². The molecule has 0 atom stereocenters. The molecule has 588 valence electrons. The second kappa shape index (κ2) is 38.3. The maximum Gasteiger partial charge on any atom is 0.373 e. The molecule has 8 heterocycles. The Morgan fingerprint density at radius 1 is 0.407 bits per heavy atom. The minimum absolute atomic E-state index is 0.00529. The summed E-state index contributed by atoms with van der Waals surface area (Å²) in [6.07, 6.45) is 26.1. The number of hydrogen-bond acceptors (Lipinski definition) is 6. The molecule has 0 bridgehead atoms. The summed E-state index contributed by atoms with van der Waals surface area (Å²) in [5.41, 5.74) is 15.5. The Balaban J connectivity index is 0.000000261. The molecular formula is C94H136N8O6. The van der Waals surface area contributed by atoms with E-state index in [2.05, 4.69) is 329 Å². The molecule has 0 fully saturated rings. The number of rotatable bonds is 6. The van der Waals surface area contributed by atoms with Crippen LogP contribution in [-0.4, -0.2) is 66.8 Å². The molecule has 14 heteroatoms. The normalized spacial score (nSPS) is 12.3. The van der Waals surface area contributed by atoms with Crippen LogP contribution in [0.5, 0.6) is 0 Å².